The minimum Gasteiger partial charge on any atom is -0.326 e. The van der Waals surface area contributed by atoms with Gasteiger partial charge in [0.15, 0.2) is 5.78 Å². The lowest BCUT2D eigenvalue weighted by atomic mass is 10.1. The lowest BCUT2D eigenvalue weighted by Crippen LogP contribution is -2.06. The van der Waals surface area contributed by atoms with Gasteiger partial charge in [0.2, 0.25) is 5.91 Å². The highest BCUT2D eigenvalue weighted by Gasteiger charge is 2.03. The molecule has 2 rings (SSSR count). The molecular formula is C18H14N2O2. The summed E-state index contributed by atoms with van der Waals surface area (Å²) in [5, 5.41) is 11.4. The second-order valence-corrected chi connectivity index (χ2v) is 4.69. The third kappa shape index (κ3) is 4.15. The van der Waals surface area contributed by atoms with Gasteiger partial charge in [-0.1, -0.05) is 30.3 Å². The van der Waals surface area contributed by atoms with Crippen molar-refractivity contribution < 1.29 is 9.59 Å². The van der Waals surface area contributed by atoms with Crippen LogP contribution < -0.4 is 5.32 Å². The van der Waals surface area contributed by atoms with Crippen LogP contribution in [0.5, 0.6) is 0 Å². The molecule has 0 aliphatic carbocycles. The van der Waals surface area contributed by atoms with Crippen molar-refractivity contribution in [1.29, 1.82) is 5.26 Å². The smallest absolute Gasteiger partial charge is 0.221 e. The van der Waals surface area contributed by atoms with Crippen LogP contribution in [0.1, 0.15) is 28.4 Å². The van der Waals surface area contributed by atoms with Crippen LogP contribution in [0.4, 0.5) is 5.69 Å². The van der Waals surface area contributed by atoms with Crippen LogP contribution >= 0.6 is 0 Å². The molecule has 22 heavy (non-hydrogen) atoms. The number of benzene rings is 2. The summed E-state index contributed by atoms with van der Waals surface area (Å²) in [6.07, 6.45) is 3.16. The maximum Gasteiger partial charge on any atom is 0.221 e. The van der Waals surface area contributed by atoms with Crippen molar-refractivity contribution >= 4 is 23.5 Å². The predicted octanol–water partition coefficient (Wildman–Crippen LogP) is 3.41. The Bertz CT molecular complexity index is 768. The summed E-state index contributed by atoms with van der Waals surface area (Å²) in [4.78, 5) is 23.2. The second-order valence-electron chi connectivity index (χ2n) is 4.69. The van der Waals surface area contributed by atoms with Gasteiger partial charge in [0.05, 0.1) is 11.6 Å². The number of anilines is 1. The quantitative estimate of drug-likeness (QED) is 0.693. The SMILES string of the molecule is CC(=O)Nc1cccc(C(=O)C=Cc2ccc(C#N)cc2)c1. The van der Waals surface area contributed by atoms with E-state index in [0.717, 1.165) is 5.56 Å². The average molecular weight is 290 g/mol. The van der Waals surface area contributed by atoms with Crippen LogP contribution in [0, 0.1) is 11.3 Å². The van der Waals surface area contributed by atoms with Crippen molar-refractivity contribution in [2.45, 2.75) is 6.92 Å². The summed E-state index contributed by atoms with van der Waals surface area (Å²) >= 11 is 0. The molecule has 2 aromatic carbocycles. The highest BCUT2D eigenvalue weighted by Crippen LogP contribution is 2.13. The summed E-state index contributed by atoms with van der Waals surface area (Å²) in [7, 11) is 0. The average Bonchev–Trinajstić information content (AvgIpc) is 2.52. The zero-order valence-corrected chi connectivity index (χ0v) is 12.0. The van der Waals surface area contributed by atoms with E-state index in [2.05, 4.69) is 5.32 Å². The first-order valence-electron chi connectivity index (χ1n) is 6.69. The van der Waals surface area contributed by atoms with E-state index in [1.165, 1.54) is 13.0 Å². The Morgan fingerprint density at radius 1 is 1.14 bits per heavy atom. The van der Waals surface area contributed by atoms with E-state index < -0.39 is 0 Å². The minimum absolute atomic E-state index is 0.156. The number of allylic oxidation sites excluding steroid dienone is 1. The van der Waals surface area contributed by atoms with Gasteiger partial charge >= 0.3 is 0 Å². The molecule has 108 valence electrons. The van der Waals surface area contributed by atoms with Crippen LogP contribution in [0.3, 0.4) is 0 Å². The fraction of sp³-hybridized carbons (Fsp3) is 0.0556. The fourth-order valence-corrected chi connectivity index (χ4v) is 1.89. The molecule has 1 N–H and O–H groups in total. The number of carbonyl (C=O) groups is 2. The second kappa shape index (κ2) is 7.00. The van der Waals surface area contributed by atoms with Crippen molar-refractivity contribution in [1.82, 2.24) is 0 Å². The van der Waals surface area contributed by atoms with Crippen LogP contribution in [-0.2, 0) is 4.79 Å². The Balaban J connectivity index is 2.12. The number of nitriles is 1. The molecule has 0 fully saturated rings. The first kappa shape index (κ1) is 15.2. The van der Waals surface area contributed by atoms with Gasteiger partial charge in [-0.25, -0.2) is 0 Å². The maximum atomic E-state index is 12.1. The van der Waals surface area contributed by atoms with Gasteiger partial charge in [-0.3, -0.25) is 9.59 Å². The molecule has 0 unspecified atom stereocenters. The fourth-order valence-electron chi connectivity index (χ4n) is 1.89. The standard InChI is InChI=1S/C18H14N2O2/c1-13(21)20-17-4-2-3-16(11-17)18(22)10-9-14-5-7-15(12-19)8-6-14/h2-11H,1H3,(H,20,21). The van der Waals surface area contributed by atoms with Gasteiger partial charge < -0.3 is 5.32 Å². The van der Waals surface area contributed by atoms with Gasteiger partial charge in [0, 0.05) is 18.2 Å². The van der Waals surface area contributed by atoms with E-state index in [1.807, 2.05) is 6.07 Å². The summed E-state index contributed by atoms with van der Waals surface area (Å²) in [5.41, 5.74) is 2.50. The molecule has 0 atom stereocenters. The molecule has 0 bridgehead atoms. The molecule has 4 nitrogen and oxygen atoms in total. The van der Waals surface area contributed by atoms with E-state index in [0.29, 0.717) is 16.8 Å². The van der Waals surface area contributed by atoms with Gasteiger partial charge in [-0.05, 0) is 35.9 Å². The molecular weight excluding hydrogens is 276 g/mol. The molecule has 2 aromatic rings. The monoisotopic (exact) mass is 290 g/mol. The van der Waals surface area contributed by atoms with Crippen molar-refractivity contribution in [2.24, 2.45) is 0 Å². The molecule has 0 saturated heterocycles. The lowest BCUT2D eigenvalue weighted by Gasteiger charge is -2.03. The van der Waals surface area contributed by atoms with Crippen LogP contribution in [0.25, 0.3) is 6.08 Å². The van der Waals surface area contributed by atoms with E-state index in [1.54, 1.807) is 54.6 Å². The molecule has 0 aliphatic heterocycles. The van der Waals surface area contributed by atoms with Crippen molar-refractivity contribution in [2.75, 3.05) is 5.32 Å². The number of nitrogens with one attached hydrogen (secondary N) is 1. The zero-order chi connectivity index (χ0) is 15.9. The van der Waals surface area contributed by atoms with Gasteiger partial charge in [0.25, 0.3) is 0 Å². The number of carbonyl (C=O) groups excluding carboxylic acids is 2. The minimum atomic E-state index is -0.183. The molecule has 0 radical (unpaired) electrons. The zero-order valence-electron chi connectivity index (χ0n) is 12.0. The Kier molecular flexibility index (Phi) is 4.84. The maximum absolute atomic E-state index is 12.1. The van der Waals surface area contributed by atoms with Crippen molar-refractivity contribution in [3.63, 3.8) is 0 Å². The van der Waals surface area contributed by atoms with Gasteiger partial charge in [0.1, 0.15) is 0 Å². The normalized spacial score (nSPS) is 10.2. The highest BCUT2D eigenvalue weighted by molar-refractivity contribution is 6.07. The Hall–Kier alpha value is -3.19. The van der Waals surface area contributed by atoms with E-state index in [-0.39, 0.29) is 11.7 Å². The van der Waals surface area contributed by atoms with Crippen molar-refractivity contribution in [3.8, 4) is 6.07 Å². The molecule has 0 aromatic heterocycles. The molecule has 4 heteroatoms. The Morgan fingerprint density at radius 2 is 1.86 bits per heavy atom. The lowest BCUT2D eigenvalue weighted by molar-refractivity contribution is -0.114. The first-order chi connectivity index (χ1) is 10.6. The van der Waals surface area contributed by atoms with E-state index in [4.69, 9.17) is 5.26 Å². The number of amides is 1. The molecule has 1 amide bonds. The predicted molar refractivity (Wildman–Crippen MR) is 85.3 cm³/mol. The topological polar surface area (TPSA) is 70.0 Å². The van der Waals surface area contributed by atoms with Crippen LogP contribution in [0.2, 0.25) is 0 Å². The Morgan fingerprint density at radius 3 is 2.50 bits per heavy atom. The first-order valence-corrected chi connectivity index (χ1v) is 6.69. The van der Waals surface area contributed by atoms with E-state index >= 15 is 0 Å². The van der Waals surface area contributed by atoms with Crippen LogP contribution in [0.15, 0.2) is 54.6 Å². The highest BCUT2D eigenvalue weighted by atomic mass is 16.1. The van der Waals surface area contributed by atoms with Gasteiger partial charge in [-0.2, -0.15) is 5.26 Å². The third-order valence-electron chi connectivity index (χ3n) is 2.93. The number of rotatable bonds is 4. The summed E-state index contributed by atoms with van der Waals surface area (Å²) < 4.78 is 0. The number of ketones is 1. The molecule has 0 spiro atoms. The number of nitrogens with zero attached hydrogens (tertiary/aromatic N) is 1. The molecule has 0 saturated carbocycles. The Labute approximate surface area is 128 Å². The van der Waals surface area contributed by atoms with Gasteiger partial charge in [-0.15, -0.1) is 0 Å². The number of hydrogen-bond donors (Lipinski definition) is 1. The summed E-state index contributed by atoms with van der Waals surface area (Å²) in [6, 6.07) is 15.7. The summed E-state index contributed by atoms with van der Waals surface area (Å²) in [5.74, 6) is -0.339. The largest absolute Gasteiger partial charge is 0.326 e. The van der Waals surface area contributed by atoms with Crippen LogP contribution in [-0.4, -0.2) is 11.7 Å². The molecule has 0 aliphatic rings. The third-order valence-corrected chi connectivity index (χ3v) is 2.93. The molecule has 0 heterocycles. The van der Waals surface area contributed by atoms with Crippen molar-refractivity contribution in [3.05, 3.63) is 71.3 Å². The number of hydrogen-bond acceptors (Lipinski definition) is 3. The van der Waals surface area contributed by atoms with E-state index in [9.17, 15) is 9.59 Å². The summed E-state index contributed by atoms with van der Waals surface area (Å²) in [6.45, 7) is 1.42.